The van der Waals surface area contributed by atoms with E-state index in [1.165, 1.54) is 19.3 Å². The predicted molar refractivity (Wildman–Crippen MR) is 75.8 cm³/mol. The first-order valence-electron chi connectivity index (χ1n) is 7.50. The molecule has 0 bridgehead atoms. The van der Waals surface area contributed by atoms with Crippen molar-refractivity contribution in [1.29, 1.82) is 5.26 Å². The highest BCUT2D eigenvalue weighted by atomic mass is 16.5. The standard InChI is InChI=1S/C15H27N3O/c1-12(2)17-15(10-16,14-4-5-14)11-18-7-6-13(8-18)9-19-3/h12-14,17H,4-9,11H2,1-3H3. The highest BCUT2D eigenvalue weighted by Gasteiger charge is 2.47. The van der Waals surface area contributed by atoms with E-state index in [0.717, 1.165) is 26.2 Å². The largest absolute Gasteiger partial charge is 0.384 e. The summed E-state index contributed by atoms with van der Waals surface area (Å²) in [5.74, 6) is 1.18. The second-order valence-corrected chi connectivity index (χ2v) is 6.50. The summed E-state index contributed by atoms with van der Waals surface area (Å²) in [7, 11) is 1.77. The maximum absolute atomic E-state index is 9.70. The normalized spacial score (nSPS) is 27.4. The highest BCUT2D eigenvalue weighted by molar-refractivity contribution is 5.17. The van der Waals surface area contributed by atoms with Crippen molar-refractivity contribution in [3.63, 3.8) is 0 Å². The van der Waals surface area contributed by atoms with Crippen molar-refractivity contribution in [2.24, 2.45) is 11.8 Å². The molecule has 0 aromatic heterocycles. The van der Waals surface area contributed by atoms with Crippen LogP contribution in [0.25, 0.3) is 0 Å². The molecule has 1 saturated heterocycles. The van der Waals surface area contributed by atoms with Gasteiger partial charge in [0.25, 0.3) is 0 Å². The molecule has 1 heterocycles. The first-order valence-corrected chi connectivity index (χ1v) is 7.50. The van der Waals surface area contributed by atoms with Crippen LogP contribution in [0.3, 0.4) is 0 Å². The van der Waals surface area contributed by atoms with Crippen LogP contribution in [0.4, 0.5) is 0 Å². The summed E-state index contributed by atoms with van der Waals surface area (Å²) in [4.78, 5) is 2.45. The molecular formula is C15H27N3O. The van der Waals surface area contributed by atoms with Crippen LogP contribution in [-0.4, -0.2) is 49.8 Å². The van der Waals surface area contributed by atoms with Gasteiger partial charge in [0.05, 0.1) is 12.7 Å². The fourth-order valence-corrected chi connectivity index (χ4v) is 3.32. The molecule has 2 aliphatic rings. The highest BCUT2D eigenvalue weighted by Crippen LogP contribution is 2.40. The second-order valence-electron chi connectivity index (χ2n) is 6.50. The molecule has 19 heavy (non-hydrogen) atoms. The van der Waals surface area contributed by atoms with Crippen LogP contribution < -0.4 is 5.32 Å². The van der Waals surface area contributed by atoms with Gasteiger partial charge in [-0.05, 0) is 51.5 Å². The topological polar surface area (TPSA) is 48.3 Å². The smallest absolute Gasteiger partial charge is 0.122 e. The van der Waals surface area contributed by atoms with E-state index in [0.29, 0.717) is 17.9 Å². The molecule has 1 saturated carbocycles. The minimum atomic E-state index is -0.337. The molecule has 2 fully saturated rings. The summed E-state index contributed by atoms with van der Waals surface area (Å²) in [6.45, 7) is 8.15. The van der Waals surface area contributed by atoms with E-state index in [9.17, 15) is 5.26 Å². The van der Waals surface area contributed by atoms with E-state index in [-0.39, 0.29) is 5.54 Å². The number of nitriles is 1. The van der Waals surface area contributed by atoms with Crippen molar-refractivity contribution in [2.75, 3.05) is 33.4 Å². The number of hydrogen-bond donors (Lipinski definition) is 1. The first-order chi connectivity index (χ1) is 9.09. The van der Waals surface area contributed by atoms with Gasteiger partial charge < -0.3 is 9.64 Å². The van der Waals surface area contributed by atoms with Gasteiger partial charge in [-0.1, -0.05) is 0 Å². The van der Waals surface area contributed by atoms with Gasteiger partial charge in [-0.2, -0.15) is 5.26 Å². The summed E-state index contributed by atoms with van der Waals surface area (Å²) in [6.07, 6.45) is 3.59. The van der Waals surface area contributed by atoms with Crippen LogP contribution in [-0.2, 0) is 4.74 Å². The minimum Gasteiger partial charge on any atom is -0.384 e. The van der Waals surface area contributed by atoms with Crippen molar-refractivity contribution in [1.82, 2.24) is 10.2 Å². The van der Waals surface area contributed by atoms with Crippen LogP contribution in [0.1, 0.15) is 33.1 Å². The SMILES string of the molecule is COCC1CCN(CC(C#N)(NC(C)C)C2CC2)C1. The summed E-state index contributed by atoms with van der Waals surface area (Å²) < 4.78 is 5.25. The number of methoxy groups -OCH3 is 1. The van der Waals surface area contributed by atoms with Gasteiger partial charge in [0, 0.05) is 26.2 Å². The summed E-state index contributed by atoms with van der Waals surface area (Å²) in [5.41, 5.74) is -0.337. The molecule has 1 N–H and O–H groups in total. The molecule has 2 atom stereocenters. The zero-order valence-corrected chi connectivity index (χ0v) is 12.5. The van der Waals surface area contributed by atoms with E-state index >= 15 is 0 Å². The Labute approximate surface area is 117 Å². The Balaban J connectivity index is 1.95. The monoisotopic (exact) mass is 265 g/mol. The lowest BCUT2D eigenvalue weighted by Gasteiger charge is -2.34. The van der Waals surface area contributed by atoms with Gasteiger partial charge >= 0.3 is 0 Å². The summed E-state index contributed by atoms with van der Waals surface area (Å²) in [6, 6.07) is 2.96. The first kappa shape index (κ1) is 14.8. The average molecular weight is 265 g/mol. The van der Waals surface area contributed by atoms with Crippen molar-refractivity contribution in [3.8, 4) is 6.07 Å². The Morgan fingerprint density at radius 1 is 1.42 bits per heavy atom. The van der Waals surface area contributed by atoms with Crippen LogP contribution in [0.5, 0.6) is 0 Å². The van der Waals surface area contributed by atoms with E-state index in [1.807, 2.05) is 0 Å². The number of nitrogens with zero attached hydrogens (tertiary/aromatic N) is 2. The molecule has 0 aromatic rings. The van der Waals surface area contributed by atoms with Gasteiger partial charge in [-0.25, -0.2) is 0 Å². The summed E-state index contributed by atoms with van der Waals surface area (Å²) >= 11 is 0. The zero-order valence-electron chi connectivity index (χ0n) is 12.5. The Bertz CT molecular complexity index is 335. The van der Waals surface area contributed by atoms with Gasteiger partial charge in [0.2, 0.25) is 0 Å². The van der Waals surface area contributed by atoms with Crippen LogP contribution in [0.2, 0.25) is 0 Å². The van der Waals surface area contributed by atoms with Gasteiger partial charge in [-0.15, -0.1) is 0 Å². The molecular weight excluding hydrogens is 238 g/mol. The number of likely N-dealkylation sites (tertiary alicyclic amines) is 1. The van der Waals surface area contributed by atoms with Crippen molar-refractivity contribution >= 4 is 0 Å². The second kappa shape index (κ2) is 6.21. The Hall–Kier alpha value is -0.630. The number of rotatable bonds is 7. The third kappa shape index (κ3) is 3.68. The van der Waals surface area contributed by atoms with E-state index in [1.54, 1.807) is 7.11 Å². The lowest BCUT2D eigenvalue weighted by Crippen LogP contribution is -2.56. The van der Waals surface area contributed by atoms with Crippen molar-refractivity contribution in [3.05, 3.63) is 0 Å². The lowest BCUT2D eigenvalue weighted by molar-refractivity contribution is 0.147. The van der Waals surface area contributed by atoms with Crippen molar-refractivity contribution < 1.29 is 4.74 Å². The number of hydrogen-bond acceptors (Lipinski definition) is 4. The zero-order chi connectivity index (χ0) is 13.9. The maximum atomic E-state index is 9.70. The molecule has 1 aliphatic heterocycles. The number of ether oxygens (including phenoxy) is 1. The molecule has 108 valence electrons. The van der Waals surface area contributed by atoms with Crippen LogP contribution >= 0.6 is 0 Å². The lowest BCUT2D eigenvalue weighted by atomic mass is 9.93. The molecule has 0 spiro atoms. The summed E-state index contributed by atoms with van der Waals surface area (Å²) in [5, 5.41) is 13.2. The van der Waals surface area contributed by atoms with Gasteiger partial charge in [0.1, 0.15) is 5.54 Å². The Kier molecular flexibility index (Phi) is 4.83. The Morgan fingerprint density at radius 3 is 2.68 bits per heavy atom. The quantitative estimate of drug-likeness (QED) is 0.760. The molecule has 0 amide bonds. The van der Waals surface area contributed by atoms with E-state index in [4.69, 9.17) is 4.74 Å². The third-order valence-corrected chi connectivity index (χ3v) is 4.27. The number of nitrogens with one attached hydrogen (secondary N) is 1. The third-order valence-electron chi connectivity index (χ3n) is 4.27. The minimum absolute atomic E-state index is 0.337. The fourth-order valence-electron chi connectivity index (χ4n) is 3.32. The van der Waals surface area contributed by atoms with E-state index in [2.05, 4.69) is 30.1 Å². The molecule has 4 nitrogen and oxygen atoms in total. The fraction of sp³-hybridized carbons (Fsp3) is 0.933. The van der Waals surface area contributed by atoms with E-state index < -0.39 is 0 Å². The predicted octanol–water partition coefficient (Wildman–Crippen LogP) is 1.63. The van der Waals surface area contributed by atoms with Crippen molar-refractivity contribution in [2.45, 2.75) is 44.7 Å². The molecule has 0 radical (unpaired) electrons. The maximum Gasteiger partial charge on any atom is 0.122 e. The van der Waals surface area contributed by atoms with Gasteiger partial charge in [0.15, 0.2) is 0 Å². The van der Waals surface area contributed by atoms with Gasteiger partial charge in [-0.3, -0.25) is 5.32 Å². The average Bonchev–Trinajstić information content (AvgIpc) is 3.12. The molecule has 0 aromatic carbocycles. The Morgan fingerprint density at radius 2 is 2.16 bits per heavy atom. The molecule has 2 rings (SSSR count). The molecule has 1 aliphatic carbocycles. The van der Waals surface area contributed by atoms with Crippen LogP contribution in [0.15, 0.2) is 0 Å². The van der Waals surface area contributed by atoms with Crippen LogP contribution in [0, 0.1) is 23.2 Å². The molecule has 4 heteroatoms. The molecule has 2 unspecified atom stereocenters.